The highest BCUT2D eigenvalue weighted by Gasteiger charge is 2.18. The Morgan fingerprint density at radius 3 is 2.29 bits per heavy atom. The zero-order chi connectivity index (χ0) is 19.8. The molecule has 31 heavy (non-hydrogen) atoms. The number of para-hydroxylation sites is 1. The molecule has 1 saturated heterocycles. The molecular weight excluding hydrogens is 441 g/mol. The predicted octanol–water partition coefficient (Wildman–Crippen LogP) is 2.27. The van der Waals surface area contributed by atoms with Crippen LogP contribution in [0.3, 0.4) is 0 Å². The quantitative estimate of drug-likeness (QED) is 0.635. The number of rotatable bonds is 8. The van der Waals surface area contributed by atoms with Gasteiger partial charge in [0.2, 0.25) is 0 Å². The Bertz CT molecular complexity index is 787. The van der Waals surface area contributed by atoms with E-state index in [2.05, 4.69) is 27.2 Å². The second-order valence-electron chi connectivity index (χ2n) is 6.92. The molecule has 3 N–H and O–H groups in total. The van der Waals surface area contributed by atoms with Crippen LogP contribution in [-0.2, 0) is 6.54 Å². The smallest absolute Gasteiger partial charge is 0.251 e. The molecule has 0 bridgehead atoms. The lowest BCUT2D eigenvalue weighted by Gasteiger charge is -2.34. The van der Waals surface area contributed by atoms with Gasteiger partial charge in [-0.15, -0.1) is 24.8 Å². The summed E-state index contributed by atoms with van der Waals surface area (Å²) >= 11 is 0. The third kappa shape index (κ3) is 8.55. The molecule has 0 aliphatic carbocycles. The Hall–Kier alpha value is -2.03. The lowest BCUT2D eigenvalue weighted by atomic mass is 10.1. The van der Waals surface area contributed by atoms with Crippen molar-refractivity contribution in [1.29, 1.82) is 0 Å². The Balaban J connectivity index is 0.00000300. The molecule has 0 spiro atoms. The van der Waals surface area contributed by atoms with Crippen LogP contribution in [0.4, 0.5) is 0 Å². The fraction of sp³-hybridized carbons (Fsp3) is 0.409. The molecule has 0 saturated carbocycles. The van der Waals surface area contributed by atoms with Gasteiger partial charge in [-0.05, 0) is 24.3 Å². The van der Waals surface area contributed by atoms with Gasteiger partial charge in [-0.2, -0.15) is 0 Å². The number of hydrogen-bond acceptors (Lipinski definition) is 5. The van der Waals surface area contributed by atoms with Crippen molar-refractivity contribution in [2.24, 2.45) is 0 Å². The first-order valence-electron chi connectivity index (χ1n) is 9.68. The van der Waals surface area contributed by atoms with E-state index in [0.29, 0.717) is 17.9 Å². The second kappa shape index (κ2) is 14.9. The zero-order valence-electron chi connectivity index (χ0n) is 18.0. The largest absolute Gasteiger partial charge is 0.497 e. The van der Waals surface area contributed by atoms with Crippen LogP contribution in [0.5, 0.6) is 11.5 Å². The number of ether oxygens (including phenoxy) is 2. The number of carbonyl (C=O) groups excluding carboxylic acids is 1. The van der Waals surface area contributed by atoms with Crippen molar-refractivity contribution in [3.63, 3.8) is 0 Å². The first-order valence-corrected chi connectivity index (χ1v) is 9.68. The Morgan fingerprint density at radius 2 is 1.61 bits per heavy atom. The molecule has 1 amide bonds. The van der Waals surface area contributed by atoms with Gasteiger partial charge in [-0.3, -0.25) is 14.6 Å². The molecule has 0 atom stereocenters. The van der Waals surface area contributed by atoms with Crippen molar-refractivity contribution in [3.05, 3.63) is 59.7 Å². The standard InChI is InChI=1S/C22H29N3O3.2ClH.H2O/c1-27-20-8-5-7-18(16-20)22(26)23-10-11-24-12-14-25(15-13-24)17-19-6-3-4-9-21(19)28-2;;;/h3-9,16H,10-15,17H2,1-2H3,(H,23,26);2*1H;1H2. The van der Waals surface area contributed by atoms with Crippen molar-refractivity contribution in [2.75, 3.05) is 53.5 Å². The molecule has 9 heteroatoms. The van der Waals surface area contributed by atoms with E-state index in [1.54, 1.807) is 26.4 Å². The van der Waals surface area contributed by atoms with Crippen molar-refractivity contribution < 1.29 is 19.7 Å². The van der Waals surface area contributed by atoms with E-state index in [4.69, 9.17) is 9.47 Å². The molecule has 2 aromatic rings. The van der Waals surface area contributed by atoms with Gasteiger partial charge in [-0.25, -0.2) is 0 Å². The summed E-state index contributed by atoms with van der Waals surface area (Å²) in [5, 5.41) is 3.00. The van der Waals surface area contributed by atoms with Crippen molar-refractivity contribution >= 4 is 30.7 Å². The fourth-order valence-corrected chi connectivity index (χ4v) is 3.44. The average Bonchev–Trinajstić information content (AvgIpc) is 2.75. The third-order valence-electron chi connectivity index (χ3n) is 5.10. The van der Waals surface area contributed by atoms with Crippen LogP contribution in [0.1, 0.15) is 15.9 Å². The van der Waals surface area contributed by atoms with Crippen molar-refractivity contribution in [2.45, 2.75) is 6.54 Å². The minimum absolute atomic E-state index is 0. The number of benzene rings is 2. The van der Waals surface area contributed by atoms with Gasteiger partial charge in [0.25, 0.3) is 5.91 Å². The van der Waals surface area contributed by atoms with Gasteiger partial charge in [0, 0.05) is 56.9 Å². The molecule has 1 aliphatic rings. The van der Waals surface area contributed by atoms with Crippen molar-refractivity contribution in [3.8, 4) is 11.5 Å². The molecule has 0 radical (unpaired) electrons. The Kier molecular flexibility index (Phi) is 13.9. The highest BCUT2D eigenvalue weighted by Crippen LogP contribution is 2.20. The topological polar surface area (TPSA) is 85.5 Å². The van der Waals surface area contributed by atoms with Gasteiger partial charge < -0.3 is 20.3 Å². The fourth-order valence-electron chi connectivity index (χ4n) is 3.44. The Labute approximate surface area is 196 Å². The second-order valence-corrected chi connectivity index (χ2v) is 6.92. The first-order chi connectivity index (χ1) is 13.7. The van der Waals surface area contributed by atoms with E-state index < -0.39 is 0 Å². The maximum atomic E-state index is 12.3. The SMILES string of the molecule is COc1cccc(C(=O)NCCN2CCN(Cc3ccccc3OC)CC2)c1.Cl.Cl.O. The van der Waals surface area contributed by atoms with Gasteiger partial charge in [0.1, 0.15) is 11.5 Å². The highest BCUT2D eigenvalue weighted by molar-refractivity contribution is 5.94. The van der Waals surface area contributed by atoms with Crippen LogP contribution in [0.25, 0.3) is 0 Å². The first kappa shape index (κ1) is 29.0. The summed E-state index contributed by atoms with van der Waals surface area (Å²) in [6.07, 6.45) is 0. The number of carbonyl (C=O) groups is 1. The lowest BCUT2D eigenvalue weighted by molar-refractivity contribution is 0.0933. The van der Waals surface area contributed by atoms with Crippen LogP contribution < -0.4 is 14.8 Å². The number of halogens is 2. The normalized spacial score (nSPS) is 13.7. The zero-order valence-corrected chi connectivity index (χ0v) is 19.6. The van der Waals surface area contributed by atoms with Crippen LogP contribution >= 0.6 is 24.8 Å². The maximum absolute atomic E-state index is 12.3. The van der Waals surface area contributed by atoms with Gasteiger partial charge in [0.05, 0.1) is 14.2 Å². The molecule has 3 rings (SSSR count). The number of piperazine rings is 1. The van der Waals surface area contributed by atoms with Gasteiger partial charge >= 0.3 is 0 Å². The minimum Gasteiger partial charge on any atom is -0.497 e. The number of methoxy groups -OCH3 is 2. The number of hydrogen-bond donors (Lipinski definition) is 1. The minimum atomic E-state index is -0.0614. The van der Waals surface area contributed by atoms with Crippen LogP contribution in [0.2, 0.25) is 0 Å². The summed E-state index contributed by atoms with van der Waals surface area (Å²) in [4.78, 5) is 17.1. The summed E-state index contributed by atoms with van der Waals surface area (Å²) in [7, 11) is 3.32. The molecule has 0 unspecified atom stereocenters. The summed E-state index contributed by atoms with van der Waals surface area (Å²) in [5.41, 5.74) is 1.85. The van der Waals surface area contributed by atoms with Crippen molar-refractivity contribution in [1.82, 2.24) is 15.1 Å². The van der Waals surface area contributed by atoms with Crippen LogP contribution in [0, 0.1) is 0 Å². The highest BCUT2D eigenvalue weighted by atomic mass is 35.5. The molecular formula is C22H33Cl2N3O4. The molecule has 1 fully saturated rings. The summed E-state index contributed by atoms with van der Waals surface area (Å²) < 4.78 is 10.6. The summed E-state index contributed by atoms with van der Waals surface area (Å²) in [6, 6.07) is 15.4. The third-order valence-corrected chi connectivity index (χ3v) is 5.10. The lowest BCUT2D eigenvalue weighted by Crippen LogP contribution is -2.48. The molecule has 2 aromatic carbocycles. The van der Waals surface area contributed by atoms with Crippen LogP contribution in [0.15, 0.2) is 48.5 Å². The van der Waals surface area contributed by atoms with E-state index in [1.807, 2.05) is 24.3 Å². The van der Waals surface area contributed by atoms with E-state index in [0.717, 1.165) is 45.0 Å². The van der Waals surface area contributed by atoms with Gasteiger partial charge in [0.15, 0.2) is 0 Å². The number of nitrogens with zero attached hydrogens (tertiary/aromatic N) is 2. The summed E-state index contributed by atoms with van der Waals surface area (Å²) in [5.74, 6) is 1.58. The van der Waals surface area contributed by atoms with E-state index in [-0.39, 0.29) is 36.2 Å². The maximum Gasteiger partial charge on any atom is 0.251 e. The van der Waals surface area contributed by atoms with E-state index in [9.17, 15) is 4.79 Å². The average molecular weight is 474 g/mol. The Morgan fingerprint density at radius 1 is 0.935 bits per heavy atom. The summed E-state index contributed by atoms with van der Waals surface area (Å²) in [6.45, 7) is 6.45. The predicted molar refractivity (Wildman–Crippen MR) is 128 cm³/mol. The molecule has 1 heterocycles. The van der Waals surface area contributed by atoms with Gasteiger partial charge in [-0.1, -0.05) is 24.3 Å². The molecule has 174 valence electrons. The van der Waals surface area contributed by atoms with E-state index >= 15 is 0 Å². The monoisotopic (exact) mass is 473 g/mol. The molecule has 7 nitrogen and oxygen atoms in total. The molecule has 0 aromatic heterocycles. The number of amides is 1. The molecule has 1 aliphatic heterocycles. The van der Waals surface area contributed by atoms with Crippen LogP contribution in [-0.4, -0.2) is 74.7 Å². The number of nitrogens with one attached hydrogen (secondary N) is 1. The van der Waals surface area contributed by atoms with E-state index in [1.165, 1.54) is 5.56 Å².